The van der Waals surface area contributed by atoms with E-state index in [2.05, 4.69) is 5.73 Å². The van der Waals surface area contributed by atoms with Crippen LogP contribution >= 0.6 is 0 Å². The van der Waals surface area contributed by atoms with Crippen LogP contribution in [0.2, 0.25) is 0 Å². The van der Waals surface area contributed by atoms with E-state index in [9.17, 15) is 8.78 Å². The van der Waals surface area contributed by atoms with Crippen LogP contribution in [-0.2, 0) is 0 Å². The molecule has 0 nitrogen and oxygen atoms in total. The molecule has 0 aromatic rings. The molecule has 0 heterocycles. The molecule has 0 aliphatic rings. The Morgan fingerprint density at radius 3 is 2.67 bits per heavy atom. The molecule has 0 fully saturated rings. The van der Waals surface area contributed by atoms with E-state index >= 15 is 0 Å². The minimum absolute atomic E-state index is 0.281. The van der Waals surface area contributed by atoms with Gasteiger partial charge in [0, 0.05) is 6.42 Å². The van der Waals surface area contributed by atoms with E-state index in [-0.39, 0.29) is 6.42 Å². The SMILES string of the molecule is CCC(F)=C=CC(C)F. The predicted octanol–water partition coefficient (Wildman–Crippen LogP) is 2.76. The maximum Gasteiger partial charge on any atom is 0.141 e. The summed E-state index contributed by atoms with van der Waals surface area (Å²) in [6.45, 7) is 2.98. The van der Waals surface area contributed by atoms with Gasteiger partial charge in [0.1, 0.15) is 12.0 Å². The Bertz CT molecular complexity index is 130. The number of halogens is 2. The molecular weight excluding hydrogens is 122 g/mol. The Morgan fingerprint density at radius 1 is 1.78 bits per heavy atom. The number of hydrogen-bond donors (Lipinski definition) is 0. The Morgan fingerprint density at radius 2 is 2.33 bits per heavy atom. The zero-order chi connectivity index (χ0) is 7.28. The number of alkyl halides is 1. The summed E-state index contributed by atoms with van der Waals surface area (Å²) in [5, 5.41) is 0. The predicted molar refractivity (Wildman–Crippen MR) is 33.6 cm³/mol. The zero-order valence-electron chi connectivity index (χ0n) is 5.62. The lowest BCUT2D eigenvalue weighted by molar-refractivity contribution is 0.430. The van der Waals surface area contributed by atoms with Crippen LogP contribution in [0.15, 0.2) is 17.6 Å². The van der Waals surface area contributed by atoms with Gasteiger partial charge in [-0.05, 0) is 13.0 Å². The molecule has 0 spiro atoms. The number of hydrogen-bond acceptors (Lipinski definition) is 0. The van der Waals surface area contributed by atoms with Crippen LogP contribution in [0.25, 0.3) is 0 Å². The summed E-state index contributed by atoms with van der Waals surface area (Å²) in [5.74, 6) is -0.403. The van der Waals surface area contributed by atoms with Gasteiger partial charge >= 0.3 is 0 Å². The van der Waals surface area contributed by atoms with Gasteiger partial charge in [0.25, 0.3) is 0 Å². The van der Waals surface area contributed by atoms with Gasteiger partial charge in [-0.1, -0.05) is 12.7 Å². The Labute approximate surface area is 53.9 Å². The van der Waals surface area contributed by atoms with Crippen LogP contribution in [0.3, 0.4) is 0 Å². The number of allylic oxidation sites excluding steroid dienone is 1. The molecule has 0 amide bonds. The normalized spacial score (nSPS) is 12.0. The zero-order valence-corrected chi connectivity index (χ0v) is 5.62. The van der Waals surface area contributed by atoms with E-state index < -0.39 is 12.0 Å². The first kappa shape index (κ1) is 8.38. The van der Waals surface area contributed by atoms with Gasteiger partial charge in [-0.2, -0.15) is 0 Å². The van der Waals surface area contributed by atoms with Gasteiger partial charge in [0.2, 0.25) is 0 Å². The Balaban J connectivity index is 3.91. The smallest absolute Gasteiger partial charge is 0.141 e. The highest BCUT2D eigenvalue weighted by atomic mass is 19.1. The van der Waals surface area contributed by atoms with E-state index in [1.807, 2.05) is 0 Å². The van der Waals surface area contributed by atoms with Crippen molar-refractivity contribution in [3.05, 3.63) is 17.6 Å². The summed E-state index contributed by atoms with van der Waals surface area (Å²) in [6, 6.07) is 0. The lowest BCUT2D eigenvalue weighted by atomic mass is 10.4. The molecule has 52 valence electrons. The summed E-state index contributed by atoms with van der Waals surface area (Å²) in [7, 11) is 0. The van der Waals surface area contributed by atoms with E-state index in [1.165, 1.54) is 6.92 Å². The fraction of sp³-hybridized carbons (Fsp3) is 0.571. The maximum atomic E-state index is 12.1. The molecule has 1 unspecified atom stereocenters. The summed E-state index contributed by atoms with van der Waals surface area (Å²) < 4.78 is 24.0. The van der Waals surface area contributed by atoms with Crippen molar-refractivity contribution >= 4 is 0 Å². The standard InChI is InChI=1S/C7H10F2/c1-3-7(9)5-4-6(2)8/h4,6H,3H2,1-2H3. The molecule has 0 aromatic heterocycles. The molecule has 9 heavy (non-hydrogen) atoms. The van der Waals surface area contributed by atoms with Crippen molar-refractivity contribution in [2.45, 2.75) is 26.4 Å². The molecule has 0 saturated heterocycles. The molecule has 0 aromatic carbocycles. The van der Waals surface area contributed by atoms with E-state index in [4.69, 9.17) is 0 Å². The minimum Gasteiger partial charge on any atom is -0.243 e. The van der Waals surface area contributed by atoms with Crippen molar-refractivity contribution in [3.8, 4) is 0 Å². The van der Waals surface area contributed by atoms with Gasteiger partial charge in [0.15, 0.2) is 0 Å². The highest BCUT2D eigenvalue weighted by Crippen LogP contribution is 1.99. The fourth-order valence-electron chi connectivity index (χ4n) is 0.307. The molecule has 0 radical (unpaired) electrons. The van der Waals surface area contributed by atoms with Crippen molar-refractivity contribution in [2.24, 2.45) is 0 Å². The summed E-state index contributed by atoms with van der Waals surface area (Å²) >= 11 is 0. The van der Waals surface area contributed by atoms with Gasteiger partial charge in [-0.15, -0.1) is 0 Å². The molecule has 0 saturated carbocycles. The third-order valence-electron chi connectivity index (χ3n) is 0.780. The molecule has 0 N–H and O–H groups in total. The second-order valence-corrected chi connectivity index (χ2v) is 1.75. The minimum atomic E-state index is -1.11. The van der Waals surface area contributed by atoms with Crippen LogP contribution in [0, 0.1) is 0 Å². The van der Waals surface area contributed by atoms with Gasteiger partial charge < -0.3 is 0 Å². The van der Waals surface area contributed by atoms with Crippen LogP contribution in [-0.4, -0.2) is 6.17 Å². The van der Waals surface area contributed by atoms with Gasteiger partial charge in [0.05, 0.1) is 0 Å². The van der Waals surface area contributed by atoms with E-state index in [0.717, 1.165) is 6.08 Å². The topological polar surface area (TPSA) is 0 Å². The van der Waals surface area contributed by atoms with Gasteiger partial charge in [-0.25, -0.2) is 8.78 Å². The average Bonchev–Trinajstić information content (AvgIpc) is 1.83. The van der Waals surface area contributed by atoms with Crippen molar-refractivity contribution in [2.75, 3.05) is 0 Å². The molecule has 0 aliphatic carbocycles. The lowest BCUT2D eigenvalue weighted by Gasteiger charge is -1.84. The Kier molecular flexibility index (Phi) is 3.98. The maximum absolute atomic E-state index is 12.1. The first-order chi connectivity index (χ1) is 4.16. The van der Waals surface area contributed by atoms with E-state index in [0.29, 0.717) is 0 Å². The fourth-order valence-corrected chi connectivity index (χ4v) is 0.307. The van der Waals surface area contributed by atoms with Crippen molar-refractivity contribution in [1.82, 2.24) is 0 Å². The molecule has 2 heteroatoms. The third-order valence-corrected chi connectivity index (χ3v) is 0.780. The number of rotatable bonds is 2. The summed E-state index contributed by atoms with van der Waals surface area (Å²) in [6.07, 6.45) is 0.240. The molecular formula is C7H10F2. The second-order valence-electron chi connectivity index (χ2n) is 1.75. The largest absolute Gasteiger partial charge is 0.243 e. The first-order valence-electron chi connectivity index (χ1n) is 2.92. The summed E-state index contributed by atoms with van der Waals surface area (Å²) in [4.78, 5) is 0. The second kappa shape index (κ2) is 4.28. The van der Waals surface area contributed by atoms with Crippen LogP contribution in [0.1, 0.15) is 20.3 Å². The van der Waals surface area contributed by atoms with Crippen molar-refractivity contribution in [3.63, 3.8) is 0 Å². The van der Waals surface area contributed by atoms with Crippen LogP contribution < -0.4 is 0 Å². The monoisotopic (exact) mass is 132 g/mol. The van der Waals surface area contributed by atoms with E-state index in [1.54, 1.807) is 6.92 Å². The average molecular weight is 132 g/mol. The third kappa shape index (κ3) is 5.25. The van der Waals surface area contributed by atoms with Gasteiger partial charge in [-0.3, -0.25) is 0 Å². The van der Waals surface area contributed by atoms with Crippen LogP contribution in [0.4, 0.5) is 8.78 Å². The highest BCUT2D eigenvalue weighted by Gasteiger charge is 1.87. The lowest BCUT2D eigenvalue weighted by Crippen LogP contribution is -1.80. The van der Waals surface area contributed by atoms with Crippen molar-refractivity contribution < 1.29 is 8.78 Å². The first-order valence-corrected chi connectivity index (χ1v) is 2.92. The van der Waals surface area contributed by atoms with Crippen LogP contribution in [0.5, 0.6) is 0 Å². The summed E-state index contributed by atoms with van der Waals surface area (Å²) in [5.41, 5.74) is 2.18. The van der Waals surface area contributed by atoms with Crippen molar-refractivity contribution in [1.29, 1.82) is 0 Å². The molecule has 0 bridgehead atoms. The molecule has 0 aliphatic heterocycles. The molecule has 1 atom stereocenters. The Hall–Kier alpha value is -0.620. The molecule has 0 rings (SSSR count). The quantitative estimate of drug-likeness (QED) is 0.507. The highest BCUT2D eigenvalue weighted by molar-refractivity contribution is 4.93.